The van der Waals surface area contributed by atoms with Gasteiger partial charge in [-0.1, -0.05) is 158 Å². The minimum Gasteiger partial charge on any atom is -0.256 e. The van der Waals surface area contributed by atoms with Crippen LogP contribution in [0.4, 0.5) is 0 Å². The van der Waals surface area contributed by atoms with Crippen LogP contribution in [-0.4, -0.2) is 9.97 Å². The summed E-state index contributed by atoms with van der Waals surface area (Å²) in [5.74, 6) is 0. The smallest absolute Gasteiger partial charge is 0.0794 e. The molecule has 10 aromatic carbocycles. The summed E-state index contributed by atoms with van der Waals surface area (Å²) in [6.07, 6.45) is 1.88. The van der Waals surface area contributed by atoms with E-state index in [9.17, 15) is 0 Å². The van der Waals surface area contributed by atoms with Crippen LogP contribution in [-0.2, 0) is 0 Å². The summed E-state index contributed by atoms with van der Waals surface area (Å²) in [7, 11) is 0. The minimum absolute atomic E-state index is 0.999. The highest BCUT2D eigenvalue weighted by Crippen LogP contribution is 2.45. The third kappa shape index (κ3) is 4.17. The van der Waals surface area contributed by atoms with Crippen LogP contribution >= 0.6 is 0 Å². The lowest BCUT2D eigenvalue weighted by Crippen LogP contribution is -1.94. The zero-order valence-electron chi connectivity index (χ0n) is 29.2. The van der Waals surface area contributed by atoms with E-state index < -0.39 is 0 Å². The second kappa shape index (κ2) is 11.2. The van der Waals surface area contributed by atoms with Gasteiger partial charge in [0.05, 0.1) is 16.7 Å². The molecule has 12 rings (SSSR count). The van der Waals surface area contributed by atoms with Crippen LogP contribution in [0.25, 0.3) is 120 Å². The highest BCUT2D eigenvalue weighted by Gasteiger charge is 2.19. The largest absolute Gasteiger partial charge is 0.256 e. The lowest BCUT2D eigenvalue weighted by molar-refractivity contribution is 1.41. The van der Waals surface area contributed by atoms with Gasteiger partial charge in [-0.05, 0) is 88.8 Å². The molecule has 0 N–H and O–H groups in total. The van der Waals surface area contributed by atoms with Crippen molar-refractivity contribution in [1.29, 1.82) is 0 Å². The Hall–Kier alpha value is -7.16. The number of para-hydroxylation sites is 2. The number of fused-ring (bicyclic) bond motifs is 9. The van der Waals surface area contributed by atoms with Gasteiger partial charge >= 0.3 is 0 Å². The number of hydrogen-bond acceptors (Lipinski definition) is 2. The Bertz CT molecular complexity index is 3470. The molecule has 0 aliphatic rings. The van der Waals surface area contributed by atoms with Crippen LogP contribution in [0, 0.1) is 0 Å². The first-order valence-corrected chi connectivity index (χ1v) is 18.6. The number of rotatable bonds is 3. The van der Waals surface area contributed by atoms with Crippen molar-refractivity contribution in [2.24, 2.45) is 0 Å². The quantitative estimate of drug-likeness (QED) is 0.173. The van der Waals surface area contributed by atoms with Crippen LogP contribution in [0.15, 0.2) is 182 Å². The van der Waals surface area contributed by atoms with Crippen LogP contribution in [0.3, 0.4) is 0 Å². The van der Waals surface area contributed by atoms with E-state index in [2.05, 4.69) is 170 Å². The average Bonchev–Trinajstić information content (AvgIpc) is 3.25. The summed E-state index contributed by atoms with van der Waals surface area (Å²) in [6.45, 7) is 0. The molecule has 0 saturated carbocycles. The van der Waals surface area contributed by atoms with E-state index in [0.29, 0.717) is 0 Å². The van der Waals surface area contributed by atoms with Crippen LogP contribution in [0.1, 0.15) is 0 Å². The number of nitrogens with zero attached hydrogens (tertiary/aromatic N) is 2. The maximum Gasteiger partial charge on any atom is 0.0794 e. The Morgan fingerprint density at radius 2 is 0.944 bits per heavy atom. The first kappa shape index (κ1) is 29.4. The minimum atomic E-state index is 0.999. The fourth-order valence-electron chi connectivity index (χ4n) is 9.18. The van der Waals surface area contributed by atoms with Crippen molar-refractivity contribution in [3.05, 3.63) is 182 Å². The fourth-order valence-corrected chi connectivity index (χ4v) is 9.18. The van der Waals surface area contributed by atoms with Gasteiger partial charge in [0.15, 0.2) is 0 Å². The maximum absolute atomic E-state index is 5.45. The molecule has 2 heteroatoms. The first-order valence-electron chi connectivity index (χ1n) is 18.6. The topological polar surface area (TPSA) is 25.8 Å². The number of hydrogen-bond donors (Lipinski definition) is 0. The zero-order valence-corrected chi connectivity index (χ0v) is 29.2. The molecule has 0 unspecified atom stereocenters. The molecule has 54 heavy (non-hydrogen) atoms. The first-order chi connectivity index (χ1) is 26.8. The van der Waals surface area contributed by atoms with E-state index in [-0.39, 0.29) is 0 Å². The molecule has 12 aromatic rings. The average molecular weight is 683 g/mol. The van der Waals surface area contributed by atoms with E-state index in [1.165, 1.54) is 81.1 Å². The van der Waals surface area contributed by atoms with Crippen LogP contribution < -0.4 is 0 Å². The molecule has 0 saturated heterocycles. The van der Waals surface area contributed by atoms with E-state index in [4.69, 9.17) is 9.97 Å². The summed E-state index contributed by atoms with van der Waals surface area (Å²) in [5, 5.41) is 17.4. The Balaban J connectivity index is 1.11. The molecule has 2 nitrogen and oxygen atoms in total. The standard InChI is InChI=1S/C52H30N2/c1-2-13-41-40(12-1)45-30-37(39-15-6-10-35-11-7-29-53-51(35)39)25-28-43(45)50-49(41)44-14-3-4-16-46(44)54-52(50)36-21-17-31(18-22-36)38-26-23-34-20-19-32-8-5-9-33-24-27-42(38)48(34)47(32)33/h1-30H. The SMILES string of the molecule is c1cnc2c(-c3ccc4c(c3)c3ccccc3c3c5ccccc5nc(-c5ccc(-c6ccc7ccc8cccc9ccc6c7c89)cc5)c43)cccc2c1. The monoisotopic (exact) mass is 682 g/mol. The van der Waals surface area contributed by atoms with E-state index in [1.54, 1.807) is 0 Å². The van der Waals surface area contributed by atoms with Crippen molar-refractivity contribution in [3.8, 4) is 33.5 Å². The molecule has 0 aliphatic carbocycles. The van der Waals surface area contributed by atoms with Crippen LogP contribution in [0.5, 0.6) is 0 Å². The number of aromatic nitrogens is 2. The summed E-state index contributed by atoms with van der Waals surface area (Å²) in [4.78, 5) is 10.2. The van der Waals surface area contributed by atoms with Gasteiger partial charge < -0.3 is 0 Å². The predicted octanol–water partition coefficient (Wildman–Crippen LogP) is 14.1. The van der Waals surface area contributed by atoms with Gasteiger partial charge in [0.2, 0.25) is 0 Å². The molecule has 0 amide bonds. The van der Waals surface area contributed by atoms with Gasteiger partial charge in [-0.25, -0.2) is 4.98 Å². The summed E-state index contributed by atoms with van der Waals surface area (Å²) >= 11 is 0. The highest BCUT2D eigenvalue weighted by atomic mass is 14.7. The molecule has 0 radical (unpaired) electrons. The van der Waals surface area contributed by atoms with Gasteiger partial charge in [-0.3, -0.25) is 4.98 Å². The Morgan fingerprint density at radius 1 is 0.315 bits per heavy atom. The molecular weight excluding hydrogens is 653 g/mol. The molecule has 0 bridgehead atoms. The second-order valence-corrected chi connectivity index (χ2v) is 14.5. The third-order valence-electron chi connectivity index (χ3n) is 11.6. The van der Waals surface area contributed by atoms with Crippen molar-refractivity contribution in [1.82, 2.24) is 9.97 Å². The Morgan fingerprint density at radius 3 is 1.81 bits per heavy atom. The molecule has 0 spiro atoms. The van der Waals surface area contributed by atoms with E-state index in [1.807, 2.05) is 12.3 Å². The summed E-state index contributed by atoms with van der Waals surface area (Å²) in [5.41, 5.74) is 8.86. The summed E-state index contributed by atoms with van der Waals surface area (Å²) < 4.78 is 0. The normalized spacial score (nSPS) is 12.1. The van der Waals surface area contributed by atoms with Gasteiger partial charge in [0.25, 0.3) is 0 Å². The van der Waals surface area contributed by atoms with Crippen molar-refractivity contribution in [3.63, 3.8) is 0 Å². The molecule has 0 aliphatic heterocycles. The van der Waals surface area contributed by atoms with Crippen molar-refractivity contribution >= 4 is 86.4 Å². The van der Waals surface area contributed by atoms with Crippen molar-refractivity contribution < 1.29 is 0 Å². The molecule has 0 atom stereocenters. The predicted molar refractivity (Wildman–Crippen MR) is 230 cm³/mol. The maximum atomic E-state index is 5.45. The Kier molecular flexibility index (Phi) is 6.09. The molecular formula is C52H30N2. The Labute approximate surface area is 310 Å². The van der Waals surface area contributed by atoms with Gasteiger partial charge in [0, 0.05) is 38.9 Å². The summed E-state index contributed by atoms with van der Waals surface area (Å²) in [6, 6.07) is 64.2. The zero-order chi connectivity index (χ0) is 35.3. The molecule has 248 valence electrons. The van der Waals surface area contributed by atoms with E-state index >= 15 is 0 Å². The van der Waals surface area contributed by atoms with Crippen LogP contribution in [0.2, 0.25) is 0 Å². The number of pyridine rings is 2. The van der Waals surface area contributed by atoms with Gasteiger partial charge in [-0.15, -0.1) is 0 Å². The highest BCUT2D eigenvalue weighted by molar-refractivity contribution is 6.34. The van der Waals surface area contributed by atoms with Gasteiger partial charge in [0.1, 0.15) is 0 Å². The second-order valence-electron chi connectivity index (χ2n) is 14.5. The third-order valence-corrected chi connectivity index (χ3v) is 11.6. The lowest BCUT2D eigenvalue weighted by Gasteiger charge is -2.18. The molecule has 2 heterocycles. The fraction of sp³-hybridized carbons (Fsp3) is 0. The van der Waals surface area contributed by atoms with Gasteiger partial charge in [-0.2, -0.15) is 0 Å². The van der Waals surface area contributed by atoms with Crippen molar-refractivity contribution in [2.75, 3.05) is 0 Å². The molecule has 2 aromatic heterocycles. The van der Waals surface area contributed by atoms with Crippen molar-refractivity contribution in [2.45, 2.75) is 0 Å². The molecule has 0 fully saturated rings. The lowest BCUT2D eigenvalue weighted by atomic mass is 9.87. The van der Waals surface area contributed by atoms with E-state index in [0.717, 1.165) is 38.8 Å². The number of benzene rings is 10.